The molecule has 1 atom stereocenters. The Morgan fingerprint density at radius 1 is 1.47 bits per heavy atom. The maximum absolute atomic E-state index is 13.2. The molecule has 0 aliphatic rings. The molecule has 1 aromatic carbocycles. The van der Waals surface area contributed by atoms with Crippen molar-refractivity contribution in [2.45, 2.75) is 19.0 Å². The lowest BCUT2D eigenvalue weighted by atomic mass is 10.0. The second-order valence-electron chi connectivity index (χ2n) is 3.20. The van der Waals surface area contributed by atoms with Crippen molar-refractivity contribution in [3.63, 3.8) is 0 Å². The van der Waals surface area contributed by atoms with Crippen LogP contribution in [0.15, 0.2) is 24.3 Å². The van der Waals surface area contributed by atoms with E-state index < -0.39 is 18.1 Å². The van der Waals surface area contributed by atoms with E-state index in [1.165, 1.54) is 12.1 Å². The predicted octanol–water partition coefficient (Wildman–Crippen LogP) is 2.73. The van der Waals surface area contributed by atoms with Gasteiger partial charge in [0.2, 0.25) is 0 Å². The molecule has 0 radical (unpaired) electrons. The molecule has 0 aliphatic carbocycles. The number of hydrogen-bond donors (Lipinski definition) is 1. The van der Waals surface area contributed by atoms with E-state index >= 15 is 0 Å². The highest BCUT2D eigenvalue weighted by molar-refractivity contribution is 5.76. The van der Waals surface area contributed by atoms with E-state index in [0.29, 0.717) is 5.56 Å². The molecule has 5 heteroatoms. The second-order valence-corrected chi connectivity index (χ2v) is 3.20. The van der Waals surface area contributed by atoms with Gasteiger partial charge in [-0.25, -0.2) is 9.18 Å². The maximum atomic E-state index is 13.2. The maximum Gasteiger partial charge on any atom is 0.378 e. The molecule has 0 saturated heterocycles. The van der Waals surface area contributed by atoms with Gasteiger partial charge in [0, 0.05) is 0 Å². The number of hydrogen-bond acceptors (Lipinski definition) is 1. The topological polar surface area (TPSA) is 37.3 Å². The van der Waals surface area contributed by atoms with E-state index in [1.54, 1.807) is 13.0 Å². The van der Waals surface area contributed by atoms with Crippen LogP contribution in [0, 0.1) is 6.92 Å². The molecule has 0 fully saturated rings. The second kappa shape index (κ2) is 3.92. The van der Waals surface area contributed by atoms with Gasteiger partial charge in [0.05, 0.1) is 0 Å². The SMILES string of the molecule is Cc1cccc(C(F)C(F)(F)C(=O)O)c1. The summed E-state index contributed by atoms with van der Waals surface area (Å²) in [6.07, 6.45) is -2.82. The molecule has 0 heterocycles. The molecule has 15 heavy (non-hydrogen) atoms. The summed E-state index contributed by atoms with van der Waals surface area (Å²) in [6.45, 7) is 1.61. The lowest BCUT2D eigenvalue weighted by Crippen LogP contribution is -2.33. The molecule has 1 unspecified atom stereocenters. The summed E-state index contributed by atoms with van der Waals surface area (Å²) in [5.41, 5.74) is 0.263. The van der Waals surface area contributed by atoms with Gasteiger partial charge < -0.3 is 5.11 Å². The van der Waals surface area contributed by atoms with Crippen molar-refractivity contribution >= 4 is 5.97 Å². The fourth-order valence-electron chi connectivity index (χ4n) is 1.15. The smallest absolute Gasteiger partial charge is 0.378 e. The van der Waals surface area contributed by atoms with Gasteiger partial charge in [-0.2, -0.15) is 8.78 Å². The van der Waals surface area contributed by atoms with Crippen LogP contribution in [0.3, 0.4) is 0 Å². The molecule has 0 bridgehead atoms. The third-order valence-electron chi connectivity index (χ3n) is 1.94. The van der Waals surface area contributed by atoms with E-state index in [2.05, 4.69) is 0 Å². The molecule has 0 saturated carbocycles. The highest BCUT2D eigenvalue weighted by atomic mass is 19.3. The quantitative estimate of drug-likeness (QED) is 0.846. The number of aliphatic carboxylic acids is 1. The third kappa shape index (κ3) is 2.29. The van der Waals surface area contributed by atoms with Gasteiger partial charge >= 0.3 is 11.9 Å². The Morgan fingerprint density at radius 2 is 2.07 bits per heavy atom. The Morgan fingerprint density at radius 3 is 2.53 bits per heavy atom. The number of halogens is 3. The summed E-state index contributed by atoms with van der Waals surface area (Å²) in [7, 11) is 0. The molecule has 1 N–H and O–H groups in total. The van der Waals surface area contributed by atoms with Crippen molar-refractivity contribution in [2.24, 2.45) is 0 Å². The van der Waals surface area contributed by atoms with E-state index in [-0.39, 0.29) is 5.56 Å². The Hall–Kier alpha value is -1.52. The highest BCUT2D eigenvalue weighted by Gasteiger charge is 2.49. The minimum absolute atomic E-state index is 0.331. The zero-order valence-corrected chi connectivity index (χ0v) is 7.88. The van der Waals surface area contributed by atoms with Crippen molar-refractivity contribution in [1.82, 2.24) is 0 Å². The number of rotatable bonds is 3. The van der Waals surface area contributed by atoms with Crippen molar-refractivity contribution < 1.29 is 23.1 Å². The Bertz CT molecular complexity index is 377. The van der Waals surface area contributed by atoms with Gasteiger partial charge in [-0.15, -0.1) is 0 Å². The Labute approximate surface area is 84.3 Å². The van der Waals surface area contributed by atoms with Gasteiger partial charge in [0.1, 0.15) is 0 Å². The molecule has 0 amide bonds. The summed E-state index contributed by atoms with van der Waals surface area (Å²) in [6, 6.07) is 5.33. The molecule has 2 nitrogen and oxygen atoms in total. The molecule has 82 valence electrons. The van der Waals surface area contributed by atoms with Crippen LogP contribution in [0.25, 0.3) is 0 Å². The summed E-state index contributed by atoms with van der Waals surface area (Å²) in [5.74, 6) is -6.86. The van der Waals surface area contributed by atoms with Gasteiger partial charge in [-0.05, 0) is 12.5 Å². The van der Waals surface area contributed by atoms with Gasteiger partial charge in [0.15, 0.2) is 6.17 Å². The zero-order chi connectivity index (χ0) is 11.6. The van der Waals surface area contributed by atoms with Crippen LogP contribution in [0.1, 0.15) is 17.3 Å². The number of carboxylic acids is 1. The Balaban J connectivity index is 3.04. The number of aryl methyl sites for hydroxylation is 1. The molecule has 0 aliphatic heterocycles. The van der Waals surface area contributed by atoms with Gasteiger partial charge in [0.25, 0.3) is 0 Å². The first-order valence-corrected chi connectivity index (χ1v) is 4.17. The number of benzene rings is 1. The Kier molecular flexibility index (Phi) is 3.02. The highest BCUT2D eigenvalue weighted by Crippen LogP contribution is 2.35. The first-order valence-electron chi connectivity index (χ1n) is 4.17. The summed E-state index contributed by atoms with van der Waals surface area (Å²) in [4.78, 5) is 10.1. The average Bonchev–Trinajstić information content (AvgIpc) is 2.16. The molecular formula is C10H9F3O2. The molecule has 0 spiro atoms. The zero-order valence-electron chi connectivity index (χ0n) is 7.88. The van der Waals surface area contributed by atoms with Crippen LogP contribution in [-0.2, 0) is 4.79 Å². The van der Waals surface area contributed by atoms with Crippen molar-refractivity contribution in [1.29, 1.82) is 0 Å². The first kappa shape index (κ1) is 11.6. The normalized spacial score (nSPS) is 13.6. The van der Waals surface area contributed by atoms with E-state index in [4.69, 9.17) is 5.11 Å². The van der Waals surface area contributed by atoms with Crippen molar-refractivity contribution in [3.8, 4) is 0 Å². The third-order valence-corrected chi connectivity index (χ3v) is 1.94. The van der Waals surface area contributed by atoms with Crippen LogP contribution in [0.4, 0.5) is 13.2 Å². The largest absolute Gasteiger partial charge is 0.477 e. The number of carbonyl (C=O) groups is 1. The van der Waals surface area contributed by atoms with Gasteiger partial charge in [-0.3, -0.25) is 0 Å². The summed E-state index contributed by atoms with van der Waals surface area (Å²) < 4.78 is 38.8. The molecule has 1 rings (SSSR count). The standard InChI is InChI=1S/C10H9F3O2/c1-6-3-2-4-7(5-6)8(11)10(12,13)9(14)15/h2-5,8H,1H3,(H,14,15). The first-order chi connectivity index (χ1) is 6.85. The molecule has 1 aromatic rings. The predicted molar refractivity (Wildman–Crippen MR) is 47.6 cm³/mol. The fraction of sp³-hybridized carbons (Fsp3) is 0.300. The number of alkyl halides is 3. The monoisotopic (exact) mass is 218 g/mol. The fourth-order valence-corrected chi connectivity index (χ4v) is 1.15. The van der Waals surface area contributed by atoms with Crippen LogP contribution in [0.5, 0.6) is 0 Å². The molecular weight excluding hydrogens is 209 g/mol. The van der Waals surface area contributed by atoms with Crippen LogP contribution >= 0.6 is 0 Å². The minimum Gasteiger partial charge on any atom is -0.477 e. The van der Waals surface area contributed by atoms with Crippen molar-refractivity contribution in [3.05, 3.63) is 35.4 Å². The van der Waals surface area contributed by atoms with E-state index in [1.807, 2.05) is 0 Å². The van der Waals surface area contributed by atoms with Crippen LogP contribution in [-0.4, -0.2) is 17.0 Å². The van der Waals surface area contributed by atoms with Gasteiger partial charge in [-0.1, -0.05) is 29.8 Å². The van der Waals surface area contributed by atoms with Crippen LogP contribution in [0.2, 0.25) is 0 Å². The lowest BCUT2D eigenvalue weighted by Gasteiger charge is -2.16. The lowest BCUT2D eigenvalue weighted by molar-refractivity contribution is -0.175. The minimum atomic E-state index is -4.40. The molecule has 0 aromatic heterocycles. The summed E-state index contributed by atoms with van der Waals surface area (Å²) >= 11 is 0. The van der Waals surface area contributed by atoms with Crippen LogP contribution < -0.4 is 0 Å². The van der Waals surface area contributed by atoms with Crippen molar-refractivity contribution in [2.75, 3.05) is 0 Å². The number of carboxylic acid groups (broad SMARTS) is 1. The average molecular weight is 218 g/mol. The van der Waals surface area contributed by atoms with E-state index in [9.17, 15) is 18.0 Å². The summed E-state index contributed by atoms with van der Waals surface area (Å²) in [5, 5.41) is 8.15. The van der Waals surface area contributed by atoms with E-state index in [0.717, 1.165) is 6.07 Å².